The number of fused-ring (bicyclic) bond motifs is 2. The molecule has 2 aromatic heterocycles. The van der Waals surface area contributed by atoms with E-state index in [0.29, 0.717) is 0 Å². The van der Waals surface area contributed by atoms with E-state index in [1.165, 1.54) is 22.8 Å². The number of Topliss-reactive ketones (excluding diaryl/α,β-unsaturated/α-hetero) is 1. The van der Waals surface area contributed by atoms with Crippen LogP contribution >= 0.6 is 0 Å². The Balaban J connectivity index is 1.86. The van der Waals surface area contributed by atoms with Crippen LogP contribution in [0.1, 0.15) is 54.6 Å². The number of carbonyl (C=O) groups excluding carboxylic acids is 1. The zero-order valence-electron chi connectivity index (χ0n) is 14.5. The first-order chi connectivity index (χ1) is 11.5. The van der Waals surface area contributed by atoms with Crippen LogP contribution in [0.3, 0.4) is 0 Å². The predicted octanol–water partition coefficient (Wildman–Crippen LogP) is 3.56. The molecule has 124 valence electrons. The molecule has 1 saturated heterocycles. The van der Waals surface area contributed by atoms with Gasteiger partial charge in [-0.2, -0.15) is 0 Å². The molecule has 5 rings (SSSR count). The Labute approximate surface area is 141 Å². The van der Waals surface area contributed by atoms with Crippen LogP contribution in [0.25, 0.3) is 6.08 Å². The van der Waals surface area contributed by atoms with E-state index in [2.05, 4.69) is 60.2 Å². The van der Waals surface area contributed by atoms with Crippen LogP contribution in [-0.4, -0.2) is 26.6 Å². The molecule has 0 radical (unpaired) electrons. The molecular weight excluding hydrogens is 300 g/mol. The Morgan fingerprint density at radius 1 is 1.12 bits per heavy atom. The maximum absolute atomic E-state index is 12.8. The SMILES string of the molecule is CC(=O)[C@]12C=Cc3ccc(C)n3[C@@H]3C(O1)[C@@H](C)n1c(C)ccc1[C@@H]32. The lowest BCUT2D eigenvalue weighted by Gasteiger charge is -2.38. The van der Waals surface area contributed by atoms with E-state index in [1.54, 1.807) is 6.92 Å². The first-order valence-electron chi connectivity index (χ1n) is 8.69. The van der Waals surface area contributed by atoms with Crippen LogP contribution < -0.4 is 0 Å². The Hall–Kier alpha value is -2.07. The lowest BCUT2D eigenvalue weighted by Crippen LogP contribution is -2.41. The van der Waals surface area contributed by atoms with Crippen LogP contribution in [0, 0.1) is 13.8 Å². The van der Waals surface area contributed by atoms with Crippen molar-refractivity contribution < 1.29 is 9.53 Å². The van der Waals surface area contributed by atoms with Gasteiger partial charge in [-0.05, 0) is 64.1 Å². The molecule has 5 heterocycles. The summed E-state index contributed by atoms with van der Waals surface area (Å²) in [7, 11) is 0. The topological polar surface area (TPSA) is 36.2 Å². The third kappa shape index (κ3) is 1.42. The first kappa shape index (κ1) is 14.3. The van der Waals surface area contributed by atoms with Crippen molar-refractivity contribution in [1.82, 2.24) is 9.13 Å². The van der Waals surface area contributed by atoms with E-state index < -0.39 is 5.60 Å². The van der Waals surface area contributed by atoms with Crippen molar-refractivity contribution >= 4 is 11.9 Å². The van der Waals surface area contributed by atoms with Gasteiger partial charge in [0.2, 0.25) is 0 Å². The summed E-state index contributed by atoms with van der Waals surface area (Å²) < 4.78 is 11.3. The number of nitrogens with zero attached hydrogens (tertiary/aromatic N) is 2. The molecule has 0 aromatic carbocycles. The first-order valence-corrected chi connectivity index (χ1v) is 8.69. The van der Waals surface area contributed by atoms with Gasteiger partial charge in [0.15, 0.2) is 11.4 Å². The van der Waals surface area contributed by atoms with Gasteiger partial charge in [-0.15, -0.1) is 0 Å². The van der Waals surface area contributed by atoms with Gasteiger partial charge in [-0.1, -0.05) is 0 Å². The van der Waals surface area contributed by atoms with Gasteiger partial charge in [0.1, 0.15) is 6.10 Å². The number of ketones is 1. The van der Waals surface area contributed by atoms with Crippen molar-refractivity contribution in [2.75, 3.05) is 0 Å². The normalized spacial score (nSPS) is 35.5. The molecular formula is C20H22N2O2. The fraction of sp³-hybridized carbons (Fsp3) is 0.450. The summed E-state index contributed by atoms with van der Waals surface area (Å²) in [6, 6.07) is 9.02. The summed E-state index contributed by atoms with van der Waals surface area (Å²) in [5.74, 6) is 0.118. The molecule has 4 nitrogen and oxygen atoms in total. The molecule has 3 aliphatic rings. The van der Waals surface area contributed by atoms with Crippen LogP contribution in [0.4, 0.5) is 0 Å². The number of hydrogen-bond donors (Lipinski definition) is 0. The number of hydrogen-bond acceptors (Lipinski definition) is 2. The maximum Gasteiger partial charge on any atom is 0.166 e. The van der Waals surface area contributed by atoms with Gasteiger partial charge in [-0.25, -0.2) is 0 Å². The highest BCUT2D eigenvalue weighted by atomic mass is 16.5. The van der Waals surface area contributed by atoms with Gasteiger partial charge < -0.3 is 13.9 Å². The van der Waals surface area contributed by atoms with E-state index in [1.807, 2.05) is 6.08 Å². The zero-order valence-corrected chi connectivity index (χ0v) is 14.5. The van der Waals surface area contributed by atoms with E-state index in [4.69, 9.17) is 4.74 Å². The van der Waals surface area contributed by atoms with Crippen molar-refractivity contribution in [3.8, 4) is 0 Å². The maximum atomic E-state index is 12.8. The summed E-state index contributed by atoms with van der Waals surface area (Å²) in [5.41, 5.74) is 4.00. The highest BCUT2D eigenvalue weighted by molar-refractivity contribution is 5.91. The monoisotopic (exact) mass is 322 g/mol. The number of ether oxygens (including phenoxy) is 1. The third-order valence-electron chi connectivity index (χ3n) is 6.33. The summed E-state index contributed by atoms with van der Waals surface area (Å²) in [5, 5.41) is 0. The minimum Gasteiger partial charge on any atom is -0.355 e. The summed E-state index contributed by atoms with van der Waals surface area (Å²) in [6.45, 7) is 8.16. The Morgan fingerprint density at radius 3 is 2.58 bits per heavy atom. The highest BCUT2D eigenvalue weighted by Gasteiger charge is 2.63. The average molecular weight is 322 g/mol. The average Bonchev–Trinajstić information content (AvgIpc) is 3.11. The quantitative estimate of drug-likeness (QED) is 0.805. The number of rotatable bonds is 1. The van der Waals surface area contributed by atoms with Gasteiger partial charge in [0, 0.05) is 22.8 Å². The molecule has 0 aliphatic carbocycles. The molecule has 0 spiro atoms. The molecule has 1 fully saturated rings. The second kappa shape index (κ2) is 4.31. The molecule has 0 amide bonds. The smallest absolute Gasteiger partial charge is 0.166 e. The Morgan fingerprint density at radius 2 is 1.83 bits per heavy atom. The Kier molecular flexibility index (Phi) is 2.56. The van der Waals surface area contributed by atoms with E-state index in [0.717, 1.165) is 0 Å². The molecule has 1 unspecified atom stereocenters. The number of aryl methyl sites for hydroxylation is 2. The van der Waals surface area contributed by atoms with Crippen molar-refractivity contribution in [2.24, 2.45) is 0 Å². The van der Waals surface area contributed by atoms with Crippen molar-refractivity contribution in [2.45, 2.75) is 57.4 Å². The molecule has 4 bridgehead atoms. The molecule has 0 saturated carbocycles. The molecule has 24 heavy (non-hydrogen) atoms. The summed E-state index contributed by atoms with van der Waals surface area (Å²) in [4.78, 5) is 12.8. The van der Waals surface area contributed by atoms with Crippen LogP contribution in [0.2, 0.25) is 0 Å². The zero-order chi connectivity index (χ0) is 16.8. The number of carbonyl (C=O) groups is 1. The lowest BCUT2D eigenvalue weighted by atomic mass is 9.76. The predicted molar refractivity (Wildman–Crippen MR) is 92.1 cm³/mol. The minimum atomic E-state index is -0.853. The van der Waals surface area contributed by atoms with Crippen molar-refractivity contribution in [3.63, 3.8) is 0 Å². The summed E-state index contributed by atoms with van der Waals surface area (Å²) >= 11 is 0. The third-order valence-corrected chi connectivity index (χ3v) is 6.33. The van der Waals surface area contributed by atoms with E-state index in [9.17, 15) is 4.79 Å². The van der Waals surface area contributed by atoms with Crippen LogP contribution in [0.5, 0.6) is 0 Å². The van der Waals surface area contributed by atoms with Gasteiger partial charge >= 0.3 is 0 Å². The van der Waals surface area contributed by atoms with Gasteiger partial charge in [-0.3, -0.25) is 4.79 Å². The van der Waals surface area contributed by atoms with Crippen molar-refractivity contribution in [3.05, 3.63) is 53.1 Å². The lowest BCUT2D eigenvalue weighted by molar-refractivity contribution is -0.136. The second-order valence-corrected chi connectivity index (χ2v) is 7.51. The molecule has 3 aliphatic heterocycles. The standard InChI is InChI=1S/C20H22N2O2/c1-11-6-8-16-17-18-19(13(3)21(11)16)24-20(17,14(4)23)10-9-15-7-5-12(2)22(15)18/h5-10,13,17-19H,1-4H3/t13-,17+,18+,19?,20+/m1/s1. The highest BCUT2D eigenvalue weighted by Crippen LogP contribution is 2.59. The molecule has 2 aromatic rings. The largest absolute Gasteiger partial charge is 0.355 e. The van der Waals surface area contributed by atoms with Crippen molar-refractivity contribution in [1.29, 1.82) is 0 Å². The number of aromatic nitrogens is 2. The fourth-order valence-corrected chi connectivity index (χ4v) is 5.30. The molecule has 0 N–H and O–H groups in total. The van der Waals surface area contributed by atoms with E-state index in [-0.39, 0.29) is 29.9 Å². The Bertz CT molecular complexity index is 903. The minimum absolute atomic E-state index is 0.00713. The second-order valence-electron chi connectivity index (χ2n) is 7.51. The van der Waals surface area contributed by atoms with Gasteiger partial charge in [0.05, 0.1) is 18.0 Å². The van der Waals surface area contributed by atoms with Crippen LogP contribution in [-0.2, 0) is 9.53 Å². The molecule has 4 heteroatoms. The summed E-state index contributed by atoms with van der Waals surface area (Å²) in [6.07, 6.45) is 4.07. The fourth-order valence-electron chi connectivity index (χ4n) is 5.30. The molecule has 5 atom stereocenters. The van der Waals surface area contributed by atoms with Crippen LogP contribution in [0.15, 0.2) is 30.3 Å². The van der Waals surface area contributed by atoms with E-state index >= 15 is 0 Å². The van der Waals surface area contributed by atoms with Gasteiger partial charge in [0.25, 0.3) is 0 Å².